The summed E-state index contributed by atoms with van der Waals surface area (Å²) in [5.41, 5.74) is 2.04. The molecule has 6 nitrogen and oxygen atoms in total. The standard InChI is InChI=1S/C19H23N5OS/c1-3-15-9-17(25)24-19(20-15)26-18(22-24)21-16-12-23(10-13(16)2)11-14-7-5-4-6-8-14/h4-9,13,16H,3,10-12H2,1-2H3,(H,21,22). The van der Waals surface area contributed by atoms with E-state index in [0.717, 1.165) is 36.9 Å². The van der Waals surface area contributed by atoms with E-state index in [9.17, 15) is 4.79 Å². The largest absolute Gasteiger partial charge is 0.356 e. The van der Waals surface area contributed by atoms with Crippen LogP contribution in [-0.4, -0.2) is 38.6 Å². The molecule has 1 saturated heterocycles. The maximum atomic E-state index is 12.2. The van der Waals surface area contributed by atoms with Crippen molar-refractivity contribution in [2.45, 2.75) is 32.9 Å². The number of nitrogens with zero attached hydrogens (tertiary/aromatic N) is 4. The Morgan fingerprint density at radius 1 is 1.27 bits per heavy atom. The number of rotatable bonds is 5. The van der Waals surface area contributed by atoms with E-state index in [4.69, 9.17) is 0 Å². The highest BCUT2D eigenvalue weighted by Gasteiger charge is 2.30. The lowest BCUT2D eigenvalue weighted by Crippen LogP contribution is -2.28. The molecule has 4 rings (SSSR count). The summed E-state index contributed by atoms with van der Waals surface area (Å²) in [5, 5.41) is 8.72. The predicted molar refractivity (Wildman–Crippen MR) is 105 cm³/mol. The summed E-state index contributed by atoms with van der Waals surface area (Å²) in [6.45, 7) is 7.24. The zero-order chi connectivity index (χ0) is 18.1. The van der Waals surface area contributed by atoms with Gasteiger partial charge in [0.2, 0.25) is 10.1 Å². The molecule has 0 radical (unpaired) electrons. The summed E-state index contributed by atoms with van der Waals surface area (Å²) in [7, 11) is 0. The van der Waals surface area contributed by atoms with Gasteiger partial charge in [0.1, 0.15) is 0 Å². The highest BCUT2D eigenvalue weighted by atomic mass is 32.1. The minimum absolute atomic E-state index is 0.110. The Kier molecular flexibility index (Phi) is 4.74. The van der Waals surface area contributed by atoms with E-state index in [1.165, 1.54) is 21.4 Å². The Hall–Kier alpha value is -2.25. The van der Waals surface area contributed by atoms with Crippen molar-refractivity contribution in [2.75, 3.05) is 18.4 Å². The maximum absolute atomic E-state index is 12.2. The van der Waals surface area contributed by atoms with Crippen molar-refractivity contribution in [3.05, 3.63) is 58.0 Å². The van der Waals surface area contributed by atoms with Crippen molar-refractivity contribution in [3.63, 3.8) is 0 Å². The van der Waals surface area contributed by atoms with Crippen molar-refractivity contribution in [1.82, 2.24) is 19.5 Å². The summed E-state index contributed by atoms with van der Waals surface area (Å²) in [6, 6.07) is 12.4. The van der Waals surface area contributed by atoms with Crippen LogP contribution >= 0.6 is 11.3 Å². The van der Waals surface area contributed by atoms with Gasteiger partial charge in [-0.25, -0.2) is 4.98 Å². The fraction of sp³-hybridized carbons (Fsp3) is 0.421. The van der Waals surface area contributed by atoms with Crippen molar-refractivity contribution in [3.8, 4) is 0 Å². The van der Waals surface area contributed by atoms with Crippen molar-refractivity contribution in [1.29, 1.82) is 0 Å². The average Bonchev–Trinajstić information content (AvgIpc) is 3.19. The fourth-order valence-electron chi connectivity index (χ4n) is 3.48. The molecule has 1 aromatic carbocycles. The van der Waals surface area contributed by atoms with Gasteiger partial charge < -0.3 is 5.32 Å². The van der Waals surface area contributed by atoms with Gasteiger partial charge in [-0.1, -0.05) is 55.5 Å². The van der Waals surface area contributed by atoms with E-state index < -0.39 is 0 Å². The second-order valence-corrected chi connectivity index (χ2v) is 7.90. The molecule has 1 aliphatic rings. The molecule has 1 fully saturated rings. The van der Waals surface area contributed by atoms with E-state index >= 15 is 0 Å². The highest BCUT2D eigenvalue weighted by molar-refractivity contribution is 7.20. The van der Waals surface area contributed by atoms with Gasteiger partial charge in [-0.3, -0.25) is 9.69 Å². The van der Waals surface area contributed by atoms with Crippen LogP contribution in [0, 0.1) is 5.92 Å². The van der Waals surface area contributed by atoms with Crippen molar-refractivity contribution < 1.29 is 0 Å². The molecule has 2 unspecified atom stereocenters. The third kappa shape index (κ3) is 3.50. The number of hydrogen-bond acceptors (Lipinski definition) is 6. The number of aromatic nitrogens is 3. The number of nitrogens with one attached hydrogen (secondary N) is 1. The lowest BCUT2D eigenvalue weighted by Gasteiger charge is -2.16. The first kappa shape index (κ1) is 17.2. The van der Waals surface area contributed by atoms with Crippen LogP contribution in [0.1, 0.15) is 25.1 Å². The van der Waals surface area contributed by atoms with Crippen LogP contribution < -0.4 is 10.9 Å². The van der Waals surface area contributed by atoms with Gasteiger partial charge >= 0.3 is 0 Å². The number of aryl methyl sites for hydroxylation is 1. The second-order valence-electron chi connectivity index (χ2n) is 6.95. The SMILES string of the molecule is CCc1cc(=O)n2nc(NC3CN(Cc4ccccc4)CC3C)sc2n1. The molecule has 0 amide bonds. The minimum atomic E-state index is -0.110. The van der Waals surface area contributed by atoms with Crippen molar-refractivity contribution in [2.24, 2.45) is 5.92 Å². The van der Waals surface area contributed by atoms with E-state index in [2.05, 4.69) is 51.5 Å². The first-order chi connectivity index (χ1) is 12.6. The van der Waals surface area contributed by atoms with Crippen LogP contribution in [0.5, 0.6) is 0 Å². The summed E-state index contributed by atoms with van der Waals surface area (Å²) >= 11 is 1.45. The number of fused-ring (bicyclic) bond motifs is 1. The van der Waals surface area contributed by atoms with Gasteiger partial charge in [0, 0.05) is 37.4 Å². The van der Waals surface area contributed by atoms with E-state index in [-0.39, 0.29) is 5.56 Å². The molecule has 1 aliphatic heterocycles. The maximum Gasteiger partial charge on any atom is 0.275 e. The first-order valence-corrected chi connectivity index (χ1v) is 9.86. The average molecular weight is 369 g/mol. The summed E-state index contributed by atoms with van der Waals surface area (Å²) in [4.78, 5) is 19.8. The van der Waals surface area contributed by atoms with Crippen LogP contribution in [0.2, 0.25) is 0 Å². The lowest BCUT2D eigenvalue weighted by atomic mass is 10.1. The number of hydrogen-bond donors (Lipinski definition) is 1. The van der Waals surface area contributed by atoms with Crippen LogP contribution in [0.25, 0.3) is 4.96 Å². The molecule has 0 spiro atoms. The molecule has 3 aromatic rings. The molecule has 26 heavy (non-hydrogen) atoms. The second kappa shape index (κ2) is 7.17. The molecule has 0 bridgehead atoms. The van der Waals surface area contributed by atoms with Crippen LogP contribution in [-0.2, 0) is 13.0 Å². The quantitative estimate of drug-likeness (QED) is 0.749. The lowest BCUT2D eigenvalue weighted by molar-refractivity contribution is 0.319. The first-order valence-electron chi connectivity index (χ1n) is 9.05. The number of likely N-dealkylation sites (tertiary alicyclic amines) is 1. The van der Waals surface area contributed by atoms with Crippen LogP contribution in [0.15, 0.2) is 41.2 Å². The van der Waals surface area contributed by atoms with E-state index in [1.807, 2.05) is 13.0 Å². The van der Waals surface area contributed by atoms with Gasteiger partial charge in [0.05, 0.1) is 0 Å². The van der Waals surface area contributed by atoms with E-state index in [0.29, 0.717) is 16.9 Å². The molecular weight excluding hydrogens is 346 g/mol. The zero-order valence-corrected chi connectivity index (χ0v) is 15.9. The Bertz CT molecular complexity index is 951. The van der Waals surface area contributed by atoms with Gasteiger partial charge in [-0.2, -0.15) is 4.52 Å². The Morgan fingerprint density at radius 3 is 2.85 bits per heavy atom. The summed E-state index contributed by atoms with van der Waals surface area (Å²) < 4.78 is 1.40. The third-order valence-corrected chi connectivity index (χ3v) is 5.75. The Labute approximate surface area is 156 Å². The van der Waals surface area contributed by atoms with Gasteiger partial charge in [0.15, 0.2) is 0 Å². The summed E-state index contributed by atoms with van der Waals surface area (Å²) in [5.74, 6) is 0.515. The van der Waals surface area contributed by atoms with Gasteiger partial charge in [-0.15, -0.1) is 5.10 Å². The van der Waals surface area contributed by atoms with Gasteiger partial charge in [-0.05, 0) is 17.9 Å². The molecule has 136 valence electrons. The van der Waals surface area contributed by atoms with E-state index in [1.54, 1.807) is 6.07 Å². The minimum Gasteiger partial charge on any atom is -0.356 e. The number of benzene rings is 1. The van der Waals surface area contributed by atoms with Gasteiger partial charge in [0.25, 0.3) is 5.56 Å². The molecular formula is C19H23N5OS. The molecule has 3 heterocycles. The molecule has 0 aliphatic carbocycles. The molecule has 1 N–H and O–H groups in total. The highest BCUT2D eigenvalue weighted by Crippen LogP contribution is 2.25. The van der Waals surface area contributed by atoms with Crippen molar-refractivity contribution >= 4 is 21.4 Å². The Balaban J connectivity index is 1.48. The third-order valence-electron chi connectivity index (χ3n) is 4.91. The molecule has 2 aromatic heterocycles. The summed E-state index contributed by atoms with van der Waals surface area (Å²) in [6.07, 6.45) is 0.751. The normalized spacial score (nSPS) is 20.7. The number of anilines is 1. The monoisotopic (exact) mass is 369 g/mol. The van der Waals surface area contributed by atoms with Crippen LogP contribution in [0.4, 0.5) is 5.13 Å². The predicted octanol–water partition coefficient (Wildman–Crippen LogP) is 2.65. The molecule has 7 heteroatoms. The molecule has 0 saturated carbocycles. The Morgan fingerprint density at radius 2 is 2.08 bits per heavy atom. The molecule has 2 atom stereocenters. The topological polar surface area (TPSA) is 62.5 Å². The van der Waals surface area contributed by atoms with Crippen LogP contribution in [0.3, 0.4) is 0 Å². The fourth-order valence-corrected chi connectivity index (χ4v) is 4.37. The smallest absolute Gasteiger partial charge is 0.275 e. The zero-order valence-electron chi connectivity index (χ0n) is 15.1.